The van der Waals surface area contributed by atoms with Gasteiger partial charge in [0.1, 0.15) is 5.82 Å². The summed E-state index contributed by atoms with van der Waals surface area (Å²) in [5, 5.41) is 9.00. The van der Waals surface area contributed by atoms with Gasteiger partial charge >= 0.3 is 0 Å². The van der Waals surface area contributed by atoms with Gasteiger partial charge in [-0.25, -0.2) is 9.98 Å². The number of rotatable bonds is 8. The average Bonchev–Trinajstić information content (AvgIpc) is 3.24. The summed E-state index contributed by atoms with van der Waals surface area (Å²) >= 11 is 1.83. The van der Waals surface area contributed by atoms with E-state index in [0.717, 1.165) is 57.5 Å². The zero-order valence-corrected chi connectivity index (χ0v) is 18.7. The molecule has 1 atom stereocenters. The number of likely N-dealkylation sites (N-methyl/N-ethyl adjacent to an activating group) is 1. The lowest BCUT2D eigenvalue weighted by Crippen LogP contribution is -2.44. The number of aromatic nitrogens is 1. The first-order valence-corrected chi connectivity index (χ1v) is 11.4. The van der Waals surface area contributed by atoms with Crippen molar-refractivity contribution in [1.29, 1.82) is 0 Å². The van der Waals surface area contributed by atoms with Crippen LogP contribution in [0, 0.1) is 5.92 Å². The molecule has 1 fully saturated rings. The first kappa shape index (κ1) is 21.6. The van der Waals surface area contributed by atoms with Crippen molar-refractivity contribution in [3.05, 3.63) is 46.3 Å². The van der Waals surface area contributed by atoms with Crippen LogP contribution in [0.1, 0.15) is 24.3 Å². The van der Waals surface area contributed by atoms with E-state index in [1.807, 2.05) is 17.5 Å². The summed E-state index contributed by atoms with van der Waals surface area (Å²) in [7, 11) is 2.17. The molecule has 0 amide bonds. The second-order valence-electron chi connectivity index (χ2n) is 7.78. The fourth-order valence-electron chi connectivity index (χ4n) is 3.39. The molecule has 29 heavy (non-hydrogen) atoms. The molecule has 1 aliphatic rings. The molecule has 2 N–H and O–H groups in total. The van der Waals surface area contributed by atoms with Crippen LogP contribution in [0.25, 0.3) is 0 Å². The highest BCUT2D eigenvalue weighted by molar-refractivity contribution is 7.09. The van der Waals surface area contributed by atoms with Gasteiger partial charge in [0.2, 0.25) is 0 Å². The summed E-state index contributed by atoms with van der Waals surface area (Å²) < 4.78 is 0. The molecule has 7 heteroatoms. The van der Waals surface area contributed by atoms with Crippen molar-refractivity contribution in [3.8, 4) is 0 Å². The van der Waals surface area contributed by atoms with Gasteiger partial charge in [0.25, 0.3) is 0 Å². The Bertz CT molecular complexity index is 752. The van der Waals surface area contributed by atoms with Gasteiger partial charge in [0, 0.05) is 50.3 Å². The lowest BCUT2D eigenvalue weighted by Gasteiger charge is -2.33. The van der Waals surface area contributed by atoms with Crippen LogP contribution < -0.4 is 15.5 Å². The number of hydrogen-bond donors (Lipinski definition) is 2. The summed E-state index contributed by atoms with van der Waals surface area (Å²) in [4.78, 5) is 15.5. The molecule has 1 unspecified atom stereocenters. The molecular formula is C22H34N6S. The molecule has 3 rings (SSSR count). The highest BCUT2D eigenvalue weighted by Gasteiger charge is 2.15. The van der Waals surface area contributed by atoms with Crippen LogP contribution >= 0.6 is 11.3 Å². The van der Waals surface area contributed by atoms with Gasteiger partial charge in [-0.3, -0.25) is 0 Å². The second-order valence-corrected chi connectivity index (χ2v) is 8.81. The van der Waals surface area contributed by atoms with Crippen molar-refractivity contribution in [2.75, 3.05) is 51.2 Å². The zero-order valence-electron chi connectivity index (χ0n) is 17.9. The fourth-order valence-corrected chi connectivity index (χ4v) is 4.26. The molecule has 1 saturated heterocycles. The molecular weight excluding hydrogens is 380 g/mol. The summed E-state index contributed by atoms with van der Waals surface area (Å²) in [5.74, 6) is 2.50. The minimum Gasteiger partial charge on any atom is -0.357 e. The maximum Gasteiger partial charge on any atom is 0.191 e. The molecule has 0 radical (unpaired) electrons. The van der Waals surface area contributed by atoms with Crippen LogP contribution in [-0.4, -0.2) is 62.2 Å². The third-order valence-corrected chi connectivity index (χ3v) is 6.05. The Balaban J connectivity index is 1.54. The first-order chi connectivity index (χ1) is 14.1. The van der Waals surface area contributed by atoms with Gasteiger partial charge in [0.15, 0.2) is 5.96 Å². The minimum atomic E-state index is 0.558. The number of nitrogens with zero attached hydrogens (tertiary/aromatic N) is 4. The molecule has 158 valence electrons. The van der Waals surface area contributed by atoms with E-state index in [-0.39, 0.29) is 0 Å². The Labute approximate surface area is 179 Å². The molecule has 1 aliphatic heterocycles. The summed E-state index contributed by atoms with van der Waals surface area (Å²) in [6.07, 6.45) is 3.00. The number of anilines is 1. The zero-order chi connectivity index (χ0) is 20.5. The van der Waals surface area contributed by atoms with E-state index < -0.39 is 0 Å². The third kappa shape index (κ3) is 7.01. The molecule has 0 spiro atoms. The van der Waals surface area contributed by atoms with E-state index in [2.05, 4.69) is 76.0 Å². The molecule has 2 aromatic rings. The molecule has 3 heterocycles. The summed E-state index contributed by atoms with van der Waals surface area (Å²) in [6, 6.07) is 8.57. The topological polar surface area (TPSA) is 55.8 Å². The van der Waals surface area contributed by atoms with Crippen LogP contribution in [0.3, 0.4) is 0 Å². The second kappa shape index (κ2) is 11.2. The SMILES string of the molecule is CCNC(=NCc1ccnc(N2CCN(C)CC2)c1)NCC(C)Cc1cccs1. The van der Waals surface area contributed by atoms with Crippen molar-refractivity contribution in [1.82, 2.24) is 20.5 Å². The predicted octanol–water partition coefficient (Wildman–Crippen LogP) is 2.83. The maximum absolute atomic E-state index is 4.79. The van der Waals surface area contributed by atoms with Crippen LogP contribution in [0.2, 0.25) is 0 Å². The smallest absolute Gasteiger partial charge is 0.191 e. The highest BCUT2D eigenvalue weighted by Crippen LogP contribution is 2.16. The van der Waals surface area contributed by atoms with Crippen molar-refractivity contribution in [2.45, 2.75) is 26.8 Å². The van der Waals surface area contributed by atoms with Crippen molar-refractivity contribution < 1.29 is 0 Å². The van der Waals surface area contributed by atoms with E-state index in [0.29, 0.717) is 12.5 Å². The van der Waals surface area contributed by atoms with Gasteiger partial charge in [-0.2, -0.15) is 0 Å². The molecule has 0 aliphatic carbocycles. The van der Waals surface area contributed by atoms with Crippen LogP contribution in [-0.2, 0) is 13.0 Å². The standard InChI is InChI=1S/C22H34N6S/c1-4-23-22(25-16-18(2)14-20-6-5-13-29-20)26-17-19-7-8-24-21(15-19)28-11-9-27(3)10-12-28/h5-8,13,15,18H,4,9-12,14,16-17H2,1-3H3,(H2,23,25,26). The maximum atomic E-state index is 4.79. The van der Waals surface area contributed by atoms with E-state index in [9.17, 15) is 0 Å². The van der Waals surface area contributed by atoms with Gasteiger partial charge in [-0.15, -0.1) is 11.3 Å². The lowest BCUT2D eigenvalue weighted by atomic mass is 10.1. The van der Waals surface area contributed by atoms with E-state index in [4.69, 9.17) is 4.99 Å². The number of nitrogens with one attached hydrogen (secondary N) is 2. The van der Waals surface area contributed by atoms with Gasteiger partial charge < -0.3 is 20.4 Å². The first-order valence-electron chi connectivity index (χ1n) is 10.6. The van der Waals surface area contributed by atoms with Crippen LogP contribution in [0.5, 0.6) is 0 Å². The van der Waals surface area contributed by atoms with Crippen molar-refractivity contribution in [3.63, 3.8) is 0 Å². The van der Waals surface area contributed by atoms with Gasteiger partial charge in [0.05, 0.1) is 6.54 Å². The molecule has 0 saturated carbocycles. The van der Waals surface area contributed by atoms with E-state index in [1.54, 1.807) is 0 Å². The Hall–Kier alpha value is -2.12. The Morgan fingerprint density at radius 1 is 1.24 bits per heavy atom. The lowest BCUT2D eigenvalue weighted by molar-refractivity contribution is 0.312. The number of guanidine groups is 1. The van der Waals surface area contributed by atoms with Gasteiger partial charge in [-0.1, -0.05) is 13.0 Å². The number of aliphatic imine (C=N–C) groups is 1. The molecule has 6 nitrogen and oxygen atoms in total. The largest absolute Gasteiger partial charge is 0.357 e. The molecule has 2 aromatic heterocycles. The minimum absolute atomic E-state index is 0.558. The predicted molar refractivity (Wildman–Crippen MR) is 124 cm³/mol. The Morgan fingerprint density at radius 2 is 2.07 bits per heavy atom. The third-order valence-electron chi connectivity index (χ3n) is 5.15. The number of hydrogen-bond acceptors (Lipinski definition) is 5. The summed E-state index contributed by atoms with van der Waals surface area (Å²) in [5.41, 5.74) is 1.19. The Morgan fingerprint density at radius 3 is 2.79 bits per heavy atom. The van der Waals surface area contributed by atoms with Crippen molar-refractivity contribution >= 4 is 23.1 Å². The number of thiophene rings is 1. The van der Waals surface area contributed by atoms with Crippen molar-refractivity contribution in [2.24, 2.45) is 10.9 Å². The highest BCUT2D eigenvalue weighted by atomic mass is 32.1. The van der Waals surface area contributed by atoms with Crippen LogP contribution in [0.4, 0.5) is 5.82 Å². The monoisotopic (exact) mass is 414 g/mol. The number of piperazine rings is 1. The van der Waals surface area contributed by atoms with E-state index >= 15 is 0 Å². The normalized spacial score (nSPS) is 16.7. The quantitative estimate of drug-likeness (QED) is 0.514. The summed E-state index contributed by atoms with van der Waals surface area (Å²) in [6.45, 7) is 11.0. The number of pyridine rings is 1. The fraction of sp³-hybridized carbons (Fsp3) is 0.545. The average molecular weight is 415 g/mol. The molecule has 0 aromatic carbocycles. The Kier molecular flexibility index (Phi) is 8.31. The van der Waals surface area contributed by atoms with Crippen LogP contribution in [0.15, 0.2) is 40.8 Å². The van der Waals surface area contributed by atoms with Gasteiger partial charge in [-0.05, 0) is 55.5 Å². The molecule has 0 bridgehead atoms. The van der Waals surface area contributed by atoms with E-state index in [1.165, 1.54) is 10.4 Å².